The zero-order valence-electron chi connectivity index (χ0n) is 20.4. The van der Waals surface area contributed by atoms with Crippen molar-refractivity contribution in [2.24, 2.45) is 0 Å². The summed E-state index contributed by atoms with van der Waals surface area (Å²) < 4.78 is 28.2. The summed E-state index contributed by atoms with van der Waals surface area (Å²) in [5, 5.41) is 5.78. The minimum Gasteiger partial charge on any atom is -0.352 e. The highest BCUT2D eigenvalue weighted by Crippen LogP contribution is 2.30. The second kappa shape index (κ2) is 12.1. The fourth-order valence-electron chi connectivity index (χ4n) is 4.72. The van der Waals surface area contributed by atoms with Crippen molar-refractivity contribution >= 4 is 21.8 Å². The van der Waals surface area contributed by atoms with Crippen molar-refractivity contribution in [2.45, 2.75) is 69.0 Å². The molecule has 1 heterocycles. The number of sulfonamides is 1. The van der Waals surface area contributed by atoms with Crippen molar-refractivity contribution in [3.63, 3.8) is 0 Å². The number of rotatable bonds is 10. The summed E-state index contributed by atoms with van der Waals surface area (Å²) in [6, 6.07) is 15.7. The molecule has 7 nitrogen and oxygen atoms in total. The molecule has 1 aliphatic heterocycles. The highest BCUT2D eigenvalue weighted by Gasteiger charge is 2.39. The van der Waals surface area contributed by atoms with Gasteiger partial charge >= 0.3 is 0 Å². The molecule has 3 rings (SSSR count). The molecule has 2 amide bonds. The van der Waals surface area contributed by atoms with Gasteiger partial charge in [-0.1, -0.05) is 36.9 Å². The fraction of sp³-hybridized carbons (Fsp3) is 0.407. The Hall–Kier alpha value is -2.97. The van der Waals surface area contributed by atoms with Crippen LogP contribution in [0.5, 0.6) is 0 Å². The van der Waals surface area contributed by atoms with Crippen LogP contribution in [0, 0.1) is 0 Å². The molecule has 8 heteroatoms. The van der Waals surface area contributed by atoms with Crippen molar-refractivity contribution in [1.82, 2.24) is 14.9 Å². The SMILES string of the molecule is C=CC(=O)NC1CC(C)N(S(=O)(=O)c2ccc(C(=O)NCCCCc3ccccc3)cc2)C(C)C1. The molecule has 2 unspecified atom stereocenters. The number of carbonyl (C=O) groups is 2. The monoisotopic (exact) mass is 497 g/mol. The number of nitrogens with one attached hydrogen (secondary N) is 2. The van der Waals surface area contributed by atoms with Crippen molar-refractivity contribution in [3.05, 3.63) is 78.4 Å². The lowest BCUT2D eigenvalue weighted by Crippen LogP contribution is -2.54. The molecule has 1 fully saturated rings. The van der Waals surface area contributed by atoms with Crippen LogP contribution in [0.1, 0.15) is 55.5 Å². The predicted molar refractivity (Wildman–Crippen MR) is 137 cm³/mol. The van der Waals surface area contributed by atoms with Gasteiger partial charge in [0.1, 0.15) is 0 Å². The van der Waals surface area contributed by atoms with E-state index in [0.29, 0.717) is 24.9 Å². The van der Waals surface area contributed by atoms with E-state index in [4.69, 9.17) is 0 Å². The number of amides is 2. The summed E-state index contributed by atoms with van der Waals surface area (Å²) in [6.07, 6.45) is 5.08. The van der Waals surface area contributed by atoms with Gasteiger partial charge in [0, 0.05) is 30.2 Å². The predicted octanol–water partition coefficient (Wildman–Crippen LogP) is 3.67. The lowest BCUT2D eigenvalue weighted by atomic mass is 9.95. The molecule has 0 aliphatic carbocycles. The van der Waals surface area contributed by atoms with Gasteiger partial charge in [-0.25, -0.2) is 8.42 Å². The molecule has 1 aliphatic rings. The number of unbranched alkanes of at least 4 members (excludes halogenated alkanes) is 1. The van der Waals surface area contributed by atoms with E-state index < -0.39 is 10.0 Å². The molecule has 0 radical (unpaired) electrons. The van der Waals surface area contributed by atoms with Crippen LogP contribution in [-0.4, -0.2) is 49.2 Å². The van der Waals surface area contributed by atoms with Gasteiger partial charge in [-0.05, 0) is 81.9 Å². The summed E-state index contributed by atoms with van der Waals surface area (Å²) in [5.41, 5.74) is 1.71. The third kappa shape index (κ3) is 7.02. The highest BCUT2D eigenvalue weighted by atomic mass is 32.2. The van der Waals surface area contributed by atoms with Crippen LogP contribution in [0.4, 0.5) is 0 Å². The molecule has 2 aromatic rings. The number of hydrogen-bond donors (Lipinski definition) is 2. The number of aryl methyl sites for hydroxylation is 1. The van der Waals surface area contributed by atoms with Gasteiger partial charge in [0.15, 0.2) is 0 Å². The Morgan fingerprint density at radius 1 is 1.00 bits per heavy atom. The van der Waals surface area contributed by atoms with Gasteiger partial charge in [-0.3, -0.25) is 9.59 Å². The van der Waals surface area contributed by atoms with E-state index in [-0.39, 0.29) is 34.8 Å². The zero-order chi connectivity index (χ0) is 25.4. The maximum atomic E-state index is 13.4. The summed E-state index contributed by atoms with van der Waals surface area (Å²) in [6.45, 7) is 7.73. The lowest BCUT2D eigenvalue weighted by Gasteiger charge is -2.41. The number of benzene rings is 2. The Labute approximate surface area is 208 Å². The Bertz CT molecular complexity index is 1100. The second-order valence-electron chi connectivity index (χ2n) is 9.14. The maximum absolute atomic E-state index is 13.4. The van der Waals surface area contributed by atoms with Crippen LogP contribution >= 0.6 is 0 Å². The molecule has 2 atom stereocenters. The first-order valence-electron chi connectivity index (χ1n) is 12.1. The molecule has 1 saturated heterocycles. The molecular formula is C27H35N3O4S. The van der Waals surface area contributed by atoms with E-state index in [9.17, 15) is 18.0 Å². The maximum Gasteiger partial charge on any atom is 0.251 e. The summed E-state index contributed by atoms with van der Waals surface area (Å²) >= 11 is 0. The quantitative estimate of drug-likeness (QED) is 0.387. The van der Waals surface area contributed by atoms with Gasteiger partial charge in [0.25, 0.3) is 5.91 Å². The summed E-state index contributed by atoms with van der Waals surface area (Å²) in [5.74, 6) is -0.468. The van der Waals surface area contributed by atoms with Gasteiger partial charge in [-0.2, -0.15) is 4.31 Å². The van der Waals surface area contributed by atoms with Crippen molar-refractivity contribution in [3.8, 4) is 0 Å². The van der Waals surface area contributed by atoms with Crippen LogP contribution < -0.4 is 10.6 Å². The third-order valence-corrected chi connectivity index (χ3v) is 8.51. The number of nitrogens with zero attached hydrogens (tertiary/aromatic N) is 1. The highest BCUT2D eigenvalue weighted by molar-refractivity contribution is 7.89. The van der Waals surface area contributed by atoms with Crippen molar-refractivity contribution in [1.29, 1.82) is 0 Å². The Morgan fingerprint density at radius 2 is 1.63 bits per heavy atom. The van der Waals surface area contributed by atoms with Crippen LogP contribution in [0.15, 0.2) is 72.1 Å². The molecule has 0 saturated carbocycles. The van der Waals surface area contributed by atoms with Gasteiger partial charge < -0.3 is 10.6 Å². The van der Waals surface area contributed by atoms with E-state index in [1.807, 2.05) is 32.0 Å². The molecule has 0 aromatic heterocycles. The Morgan fingerprint density at radius 3 is 2.23 bits per heavy atom. The van der Waals surface area contributed by atoms with Crippen LogP contribution in [0.2, 0.25) is 0 Å². The van der Waals surface area contributed by atoms with Gasteiger partial charge in [-0.15, -0.1) is 0 Å². The van der Waals surface area contributed by atoms with E-state index in [1.165, 1.54) is 28.1 Å². The topological polar surface area (TPSA) is 95.6 Å². The minimum atomic E-state index is -3.74. The van der Waals surface area contributed by atoms with E-state index in [2.05, 4.69) is 29.3 Å². The average molecular weight is 498 g/mol. The van der Waals surface area contributed by atoms with Crippen molar-refractivity contribution < 1.29 is 18.0 Å². The Kier molecular flexibility index (Phi) is 9.23. The van der Waals surface area contributed by atoms with Crippen LogP contribution in [-0.2, 0) is 21.2 Å². The van der Waals surface area contributed by atoms with Crippen molar-refractivity contribution in [2.75, 3.05) is 6.54 Å². The fourth-order valence-corrected chi connectivity index (χ4v) is 6.56. The molecule has 2 N–H and O–H groups in total. The second-order valence-corrected chi connectivity index (χ2v) is 11.0. The largest absolute Gasteiger partial charge is 0.352 e. The normalized spacial score (nSPS) is 20.7. The molecule has 0 spiro atoms. The van der Waals surface area contributed by atoms with E-state index in [0.717, 1.165) is 19.3 Å². The van der Waals surface area contributed by atoms with Gasteiger partial charge in [0.2, 0.25) is 15.9 Å². The number of hydrogen-bond acceptors (Lipinski definition) is 4. The molecule has 2 aromatic carbocycles. The minimum absolute atomic E-state index is 0.101. The van der Waals surface area contributed by atoms with E-state index in [1.54, 1.807) is 12.1 Å². The molecule has 35 heavy (non-hydrogen) atoms. The average Bonchev–Trinajstić information content (AvgIpc) is 2.83. The van der Waals surface area contributed by atoms with Crippen LogP contribution in [0.25, 0.3) is 0 Å². The summed E-state index contributed by atoms with van der Waals surface area (Å²) in [4.78, 5) is 24.3. The number of carbonyl (C=O) groups excluding carboxylic acids is 2. The smallest absolute Gasteiger partial charge is 0.251 e. The first-order valence-corrected chi connectivity index (χ1v) is 13.5. The standard InChI is InChI=1S/C27H35N3O4S/c1-4-26(31)29-24-18-20(2)30(21(3)19-24)35(33,34)25-15-13-23(14-16-25)27(32)28-17-9-8-12-22-10-6-5-7-11-22/h4-7,10-11,13-16,20-21,24H,1,8-9,12,17-19H2,2-3H3,(H,28,32)(H,29,31). The molecular weight excluding hydrogens is 462 g/mol. The Balaban J connectivity index is 1.54. The third-order valence-electron chi connectivity index (χ3n) is 6.36. The molecule has 0 bridgehead atoms. The number of piperidine rings is 1. The lowest BCUT2D eigenvalue weighted by molar-refractivity contribution is -0.117. The summed E-state index contributed by atoms with van der Waals surface area (Å²) in [7, 11) is -3.74. The van der Waals surface area contributed by atoms with Gasteiger partial charge in [0.05, 0.1) is 4.90 Å². The molecule has 188 valence electrons. The van der Waals surface area contributed by atoms with Crippen LogP contribution in [0.3, 0.4) is 0 Å². The first kappa shape index (κ1) is 26.6. The first-order chi connectivity index (χ1) is 16.7. The van der Waals surface area contributed by atoms with E-state index >= 15 is 0 Å². The zero-order valence-corrected chi connectivity index (χ0v) is 21.3.